The molecule has 6 nitrogen and oxygen atoms in total. The maximum atomic E-state index is 11.3. The summed E-state index contributed by atoms with van der Waals surface area (Å²) in [7, 11) is 0. The molecule has 0 aliphatic heterocycles. The normalized spacial score (nSPS) is 12.2. The molecule has 1 aromatic heterocycles. The van der Waals surface area contributed by atoms with E-state index in [1.807, 2.05) is 0 Å². The molecule has 0 bridgehead atoms. The highest BCUT2D eigenvalue weighted by atomic mass is 32.2. The summed E-state index contributed by atoms with van der Waals surface area (Å²) in [6, 6.07) is -0.582. The van der Waals surface area contributed by atoms with Crippen LogP contribution in [0.4, 0.5) is 5.13 Å². The smallest absolute Gasteiger partial charge is 0.242 e. The van der Waals surface area contributed by atoms with Crippen molar-refractivity contribution >= 4 is 40.0 Å². The second-order valence-corrected chi connectivity index (χ2v) is 5.67. The van der Waals surface area contributed by atoms with E-state index in [9.17, 15) is 9.59 Å². The first-order chi connectivity index (χ1) is 7.90. The fraction of sp³-hybridized carbons (Fsp3) is 0.444. The Hall–Kier alpha value is -1.12. The molecular formula is C9H14N4O2S2. The number of rotatable bonds is 5. The highest BCUT2D eigenvalue weighted by Gasteiger charge is 2.13. The minimum Gasteiger partial charge on any atom is -0.369 e. The number of primary amides is 1. The highest BCUT2D eigenvalue weighted by molar-refractivity contribution is 8.01. The van der Waals surface area contributed by atoms with Gasteiger partial charge in [0.15, 0.2) is 5.13 Å². The Morgan fingerprint density at radius 1 is 1.59 bits per heavy atom. The molecule has 0 unspecified atom stereocenters. The standard InChI is InChI=1S/C9H14N4O2S2/c1-4(10)7(15)13-9-12-5(2)8(17-9)16-3-6(11)14/h4H,3,10H2,1-2H3,(H2,11,14)(H,12,13,15)/t4-/m0/s1. The number of carbonyl (C=O) groups is 2. The first-order valence-corrected chi connectivity index (χ1v) is 6.65. The number of thioether (sulfide) groups is 1. The van der Waals surface area contributed by atoms with Crippen molar-refractivity contribution in [1.29, 1.82) is 0 Å². The van der Waals surface area contributed by atoms with E-state index in [1.54, 1.807) is 13.8 Å². The number of hydrogen-bond donors (Lipinski definition) is 3. The van der Waals surface area contributed by atoms with E-state index in [0.717, 1.165) is 9.90 Å². The average Bonchev–Trinajstić information content (AvgIpc) is 2.55. The van der Waals surface area contributed by atoms with Gasteiger partial charge >= 0.3 is 0 Å². The molecule has 2 amide bonds. The lowest BCUT2D eigenvalue weighted by atomic mass is 10.3. The number of aryl methyl sites for hydroxylation is 1. The first-order valence-electron chi connectivity index (χ1n) is 4.85. The third kappa shape index (κ3) is 4.33. The molecule has 0 aliphatic rings. The lowest BCUT2D eigenvalue weighted by Crippen LogP contribution is -2.32. The Morgan fingerprint density at radius 3 is 2.76 bits per heavy atom. The van der Waals surface area contributed by atoms with E-state index < -0.39 is 6.04 Å². The van der Waals surface area contributed by atoms with E-state index in [0.29, 0.717) is 5.13 Å². The summed E-state index contributed by atoms with van der Waals surface area (Å²) in [6.07, 6.45) is 0. The first kappa shape index (κ1) is 13.9. The van der Waals surface area contributed by atoms with Gasteiger partial charge in [0.2, 0.25) is 11.8 Å². The Kier molecular flexibility index (Phi) is 4.91. The van der Waals surface area contributed by atoms with Crippen molar-refractivity contribution in [3.05, 3.63) is 5.69 Å². The summed E-state index contributed by atoms with van der Waals surface area (Å²) in [6.45, 7) is 3.40. The number of thiazole rings is 1. The largest absolute Gasteiger partial charge is 0.369 e. The Labute approximate surface area is 107 Å². The zero-order chi connectivity index (χ0) is 13.0. The topological polar surface area (TPSA) is 111 Å². The van der Waals surface area contributed by atoms with Crippen LogP contribution in [0.1, 0.15) is 12.6 Å². The summed E-state index contributed by atoms with van der Waals surface area (Å²) in [4.78, 5) is 26.2. The Morgan fingerprint density at radius 2 is 2.24 bits per heavy atom. The zero-order valence-corrected chi connectivity index (χ0v) is 11.2. The van der Waals surface area contributed by atoms with Gasteiger partial charge in [0.05, 0.1) is 21.7 Å². The molecule has 0 radical (unpaired) electrons. The second-order valence-electron chi connectivity index (χ2n) is 3.42. The van der Waals surface area contributed by atoms with Gasteiger partial charge in [-0.05, 0) is 13.8 Å². The van der Waals surface area contributed by atoms with E-state index in [1.165, 1.54) is 23.1 Å². The molecule has 1 aromatic rings. The maximum absolute atomic E-state index is 11.3. The summed E-state index contributed by atoms with van der Waals surface area (Å²) in [5, 5.41) is 3.09. The van der Waals surface area contributed by atoms with Crippen LogP contribution in [0.15, 0.2) is 4.21 Å². The Bertz CT molecular complexity index is 431. The van der Waals surface area contributed by atoms with Crippen molar-refractivity contribution in [2.24, 2.45) is 11.5 Å². The molecular weight excluding hydrogens is 260 g/mol. The summed E-state index contributed by atoms with van der Waals surface area (Å²) in [5.41, 5.74) is 11.2. The van der Waals surface area contributed by atoms with Crippen molar-refractivity contribution in [1.82, 2.24) is 4.98 Å². The molecule has 1 heterocycles. The van der Waals surface area contributed by atoms with Crippen molar-refractivity contribution in [2.75, 3.05) is 11.1 Å². The van der Waals surface area contributed by atoms with Crippen LogP contribution in [0.2, 0.25) is 0 Å². The second kappa shape index (κ2) is 5.99. The lowest BCUT2D eigenvalue weighted by molar-refractivity contribution is -0.117. The quantitative estimate of drug-likeness (QED) is 0.669. The molecule has 0 fully saturated rings. The fourth-order valence-corrected chi connectivity index (χ4v) is 2.81. The van der Waals surface area contributed by atoms with Gasteiger partial charge in [-0.15, -0.1) is 11.8 Å². The molecule has 1 atom stereocenters. The molecule has 0 saturated carbocycles. The number of amides is 2. The van der Waals surface area contributed by atoms with E-state index in [-0.39, 0.29) is 17.6 Å². The summed E-state index contributed by atoms with van der Waals surface area (Å²) in [5.74, 6) is -0.474. The van der Waals surface area contributed by atoms with Gasteiger partial charge < -0.3 is 16.8 Å². The molecule has 0 saturated heterocycles. The molecule has 8 heteroatoms. The van der Waals surface area contributed by atoms with Crippen LogP contribution in [0.25, 0.3) is 0 Å². The van der Waals surface area contributed by atoms with Crippen molar-refractivity contribution in [3.63, 3.8) is 0 Å². The summed E-state index contributed by atoms with van der Waals surface area (Å²) >= 11 is 2.61. The van der Waals surface area contributed by atoms with Gasteiger partial charge in [0.1, 0.15) is 0 Å². The van der Waals surface area contributed by atoms with Gasteiger partial charge in [-0.1, -0.05) is 11.3 Å². The van der Waals surface area contributed by atoms with E-state index >= 15 is 0 Å². The third-order valence-electron chi connectivity index (χ3n) is 1.74. The van der Waals surface area contributed by atoms with Crippen LogP contribution in [0.3, 0.4) is 0 Å². The van der Waals surface area contributed by atoms with Gasteiger partial charge in [-0.2, -0.15) is 0 Å². The molecule has 1 rings (SSSR count). The molecule has 0 aliphatic carbocycles. The van der Waals surface area contributed by atoms with Crippen LogP contribution in [0.5, 0.6) is 0 Å². The number of aromatic nitrogens is 1. The molecule has 5 N–H and O–H groups in total. The lowest BCUT2D eigenvalue weighted by Gasteiger charge is -2.03. The van der Waals surface area contributed by atoms with Crippen molar-refractivity contribution in [3.8, 4) is 0 Å². The third-order valence-corrected chi connectivity index (χ3v) is 4.20. The number of hydrogen-bond acceptors (Lipinski definition) is 6. The predicted molar refractivity (Wildman–Crippen MR) is 69.0 cm³/mol. The van der Waals surface area contributed by atoms with Gasteiger partial charge in [0, 0.05) is 0 Å². The Balaban J connectivity index is 2.67. The van der Waals surface area contributed by atoms with Crippen molar-refractivity contribution in [2.45, 2.75) is 24.1 Å². The summed E-state index contributed by atoms with van der Waals surface area (Å²) < 4.78 is 0.865. The number of nitrogens with one attached hydrogen (secondary N) is 1. The molecule has 17 heavy (non-hydrogen) atoms. The zero-order valence-electron chi connectivity index (χ0n) is 9.52. The highest BCUT2D eigenvalue weighted by Crippen LogP contribution is 2.31. The average molecular weight is 274 g/mol. The SMILES string of the molecule is Cc1nc(NC(=O)[C@H](C)N)sc1SCC(N)=O. The predicted octanol–water partition coefficient (Wildman–Crippen LogP) is 0.315. The number of carbonyl (C=O) groups excluding carboxylic acids is 2. The minimum atomic E-state index is -0.582. The van der Waals surface area contributed by atoms with Gasteiger partial charge in [-0.3, -0.25) is 9.59 Å². The number of nitrogens with zero attached hydrogens (tertiary/aromatic N) is 1. The van der Waals surface area contributed by atoms with Gasteiger partial charge in [-0.25, -0.2) is 4.98 Å². The van der Waals surface area contributed by atoms with Crippen molar-refractivity contribution < 1.29 is 9.59 Å². The molecule has 0 spiro atoms. The number of anilines is 1. The van der Waals surface area contributed by atoms with E-state index in [4.69, 9.17) is 11.5 Å². The van der Waals surface area contributed by atoms with Crippen LogP contribution in [-0.2, 0) is 9.59 Å². The van der Waals surface area contributed by atoms with Crippen LogP contribution in [-0.4, -0.2) is 28.6 Å². The minimum absolute atomic E-state index is 0.198. The molecule has 94 valence electrons. The fourth-order valence-electron chi connectivity index (χ4n) is 0.926. The molecule has 0 aromatic carbocycles. The number of nitrogens with two attached hydrogens (primary N) is 2. The maximum Gasteiger partial charge on any atom is 0.242 e. The van der Waals surface area contributed by atoms with Crippen LogP contribution >= 0.6 is 23.1 Å². The monoisotopic (exact) mass is 274 g/mol. The van der Waals surface area contributed by atoms with Crippen LogP contribution < -0.4 is 16.8 Å². The van der Waals surface area contributed by atoms with Gasteiger partial charge in [0.25, 0.3) is 0 Å². The van der Waals surface area contributed by atoms with Crippen LogP contribution in [0, 0.1) is 6.92 Å². The van der Waals surface area contributed by atoms with E-state index in [2.05, 4.69) is 10.3 Å².